The number of nitrogens with one attached hydrogen (secondary N) is 1. The Kier molecular flexibility index (Phi) is 6.62. The summed E-state index contributed by atoms with van der Waals surface area (Å²) in [6.45, 7) is 3.88. The first-order valence-corrected chi connectivity index (χ1v) is 10.8. The molecule has 0 saturated carbocycles. The Morgan fingerprint density at radius 1 is 0.824 bits per heavy atom. The van der Waals surface area contributed by atoms with E-state index in [0.29, 0.717) is 22.3 Å². The van der Waals surface area contributed by atoms with Crippen LogP contribution in [0.5, 0.6) is 5.75 Å². The Bertz CT molecular complexity index is 1410. The lowest BCUT2D eigenvalue weighted by Gasteiger charge is -2.19. The number of ether oxygens (including phenoxy) is 1. The van der Waals surface area contributed by atoms with Gasteiger partial charge in [-0.3, -0.25) is 19.5 Å². The molecule has 34 heavy (non-hydrogen) atoms. The minimum atomic E-state index is -5.52. The highest BCUT2D eigenvalue weighted by Gasteiger charge is 2.32. The van der Waals surface area contributed by atoms with Gasteiger partial charge >= 0.3 is 10.1 Å². The average Bonchev–Trinajstić information content (AvgIpc) is 2.74. The maximum atomic E-state index is 12.6. The van der Waals surface area contributed by atoms with E-state index in [2.05, 4.69) is 5.32 Å². The molecule has 0 unspecified atom stereocenters. The second-order valence-corrected chi connectivity index (χ2v) is 8.52. The summed E-state index contributed by atoms with van der Waals surface area (Å²) in [6, 6.07) is 8.85. The molecular formula is C21H14F5NO6S. The summed E-state index contributed by atoms with van der Waals surface area (Å²) in [5.41, 5.74) is 1.03. The smallest absolute Gasteiger partial charge is 0.300 e. The molecule has 0 fully saturated rings. The van der Waals surface area contributed by atoms with Crippen LogP contribution in [0, 0.1) is 29.1 Å². The molecule has 0 atom stereocenters. The van der Waals surface area contributed by atoms with Gasteiger partial charge < -0.3 is 4.74 Å². The Morgan fingerprint density at radius 3 is 1.82 bits per heavy atom. The lowest BCUT2D eigenvalue weighted by molar-refractivity contribution is 0.0845. The van der Waals surface area contributed by atoms with Gasteiger partial charge in [-0.05, 0) is 32.0 Å². The van der Waals surface area contributed by atoms with Crippen molar-refractivity contribution in [3.8, 4) is 5.75 Å². The third kappa shape index (κ3) is 4.43. The van der Waals surface area contributed by atoms with Crippen molar-refractivity contribution in [2.24, 2.45) is 0 Å². The van der Waals surface area contributed by atoms with Crippen molar-refractivity contribution in [1.29, 1.82) is 0 Å². The number of imide groups is 1. The maximum absolute atomic E-state index is 12.6. The second kappa shape index (κ2) is 8.99. The zero-order valence-corrected chi connectivity index (χ0v) is 18.1. The fraction of sp³-hybridized carbons (Fsp3) is 0.143. The van der Waals surface area contributed by atoms with E-state index in [1.165, 1.54) is 0 Å². The van der Waals surface area contributed by atoms with E-state index in [-0.39, 0.29) is 17.9 Å². The van der Waals surface area contributed by atoms with Gasteiger partial charge in [-0.25, -0.2) is 22.0 Å². The van der Waals surface area contributed by atoms with Crippen LogP contribution in [0.4, 0.5) is 22.0 Å². The molecule has 4 rings (SSSR count). The first-order chi connectivity index (χ1) is 15.8. The van der Waals surface area contributed by atoms with E-state index in [1.807, 2.05) is 19.9 Å². The minimum Gasteiger partial charge on any atom is -0.490 e. The third-order valence-corrected chi connectivity index (χ3v) is 5.38. The number of hydrogen-bond acceptors (Lipinski definition) is 5. The van der Waals surface area contributed by atoms with Gasteiger partial charge in [0.2, 0.25) is 5.82 Å². The fourth-order valence-corrected chi connectivity index (χ4v) is 3.80. The number of rotatable bonds is 3. The van der Waals surface area contributed by atoms with E-state index in [1.54, 1.807) is 24.3 Å². The topological polar surface area (TPSA) is 110 Å². The van der Waals surface area contributed by atoms with Crippen molar-refractivity contribution in [2.75, 3.05) is 0 Å². The van der Waals surface area contributed by atoms with Crippen LogP contribution in [0.15, 0.2) is 35.2 Å². The van der Waals surface area contributed by atoms with E-state index in [4.69, 9.17) is 9.29 Å². The molecule has 1 aliphatic heterocycles. The van der Waals surface area contributed by atoms with E-state index >= 15 is 0 Å². The number of halogens is 5. The molecule has 3 aromatic carbocycles. The largest absolute Gasteiger partial charge is 0.490 e. The summed E-state index contributed by atoms with van der Waals surface area (Å²) in [5, 5.41) is 3.81. The van der Waals surface area contributed by atoms with Gasteiger partial charge in [-0.2, -0.15) is 8.42 Å². The van der Waals surface area contributed by atoms with Crippen LogP contribution in [-0.4, -0.2) is 30.9 Å². The van der Waals surface area contributed by atoms with E-state index in [0.717, 1.165) is 5.39 Å². The van der Waals surface area contributed by atoms with Gasteiger partial charge in [0, 0.05) is 21.9 Å². The summed E-state index contributed by atoms with van der Waals surface area (Å²) < 4.78 is 97.0. The van der Waals surface area contributed by atoms with Gasteiger partial charge in [0.1, 0.15) is 5.75 Å². The zero-order valence-electron chi connectivity index (χ0n) is 17.3. The van der Waals surface area contributed by atoms with Crippen LogP contribution in [0.25, 0.3) is 10.8 Å². The van der Waals surface area contributed by atoms with Crippen molar-refractivity contribution < 1.29 is 49.2 Å². The monoisotopic (exact) mass is 503 g/mol. The van der Waals surface area contributed by atoms with Crippen LogP contribution in [-0.2, 0) is 10.1 Å². The van der Waals surface area contributed by atoms with Crippen LogP contribution < -0.4 is 10.1 Å². The first kappa shape index (κ1) is 25.1. The number of amides is 2. The van der Waals surface area contributed by atoms with E-state index < -0.39 is 44.1 Å². The van der Waals surface area contributed by atoms with Gasteiger partial charge in [0.25, 0.3) is 11.8 Å². The molecule has 13 heteroatoms. The lowest BCUT2D eigenvalue weighted by Crippen LogP contribution is -2.34. The molecule has 3 aromatic rings. The second-order valence-electron chi connectivity index (χ2n) is 7.16. The highest BCUT2D eigenvalue weighted by atomic mass is 32.2. The predicted octanol–water partition coefficient (Wildman–Crippen LogP) is 4.14. The maximum Gasteiger partial charge on any atom is 0.300 e. The molecule has 1 heterocycles. The minimum absolute atomic E-state index is 0.0326. The standard InChI is InChI=1S/C15H13NO3.C6HF5O3S/c1-8(2)19-12-7-6-11-13-9(12)4-3-5-10(13)14(17)16-15(11)18;7-1-2(8)4(10)6(15(12,13)14)5(11)3(1)9/h3-8H,1-2H3,(H,16,17,18);(H,12,13,14). The lowest BCUT2D eigenvalue weighted by atomic mass is 9.95. The average molecular weight is 503 g/mol. The summed E-state index contributed by atoms with van der Waals surface area (Å²) in [4.78, 5) is 21.4. The van der Waals surface area contributed by atoms with Crippen molar-refractivity contribution in [3.63, 3.8) is 0 Å². The van der Waals surface area contributed by atoms with Crippen LogP contribution in [0.2, 0.25) is 0 Å². The van der Waals surface area contributed by atoms with Crippen molar-refractivity contribution in [2.45, 2.75) is 24.8 Å². The molecule has 0 aliphatic carbocycles. The molecular weight excluding hydrogens is 489 g/mol. The summed E-state index contributed by atoms with van der Waals surface area (Å²) >= 11 is 0. The number of hydrogen-bond donors (Lipinski definition) is 2. The molecule has 180 valence electrons. The van der Waals surface area contributed by atoms with Crippen molar-refractivity contribution >= 4 is 32.7 Å². The highest BCUT2D eigenvalue weighted by Crippen LogP contribution is 2.33. The van der Waals surface area contributed by atoms with Crippen molar-refractivity contribution in [1.82, 2.24) is 5.32 Å². The Hall–Kier alpha value is -3.58. The summed E-state index contributed by atoms with van der Waals surface area (Å²) in [6.07, 6.45) is 0.0326. The van der Waals surface area contributed by atoms with Crippen LogP contribution in [0.3, 0.4) is 0 Å². The molecule has 7 nitrogen and oxygen atoms in total. The Morgan fingerprint density at radius 2 is 1.32 bits per heavy atom. The molecule has 2 amide bonds. The van der Waals surface area contributed by atoms with Crippen LogP contribution in [0.1, 0.15) is 34.6 Å². The molecule has 0 bridgehead atoms. The predicted molar refractivity (Wildman–Crippen MR) is 108 cm³/mol. The third-order valence-electron chi connectivity index (χ3n) is 4.51. The van der Waals surface area contributed by atoms with Crippen LogP contribution >= 0.6 is 0 Å². The summed E-state index contributed by atoms with van der Waals surface area (Å²) in [7, 11) is -5.52. The molecule has 2 N–H and O–H groups in total. The molecule has 0 radical (unpaired) electrons. The van der Waals surface area contributed by atoms with Gasteiger partial charge in [0.15, 0.2) is 28.2 Å². The number of carbonyl (C=O) groups excluding carboxylic acids is 2. The fourth-order valence-electron chi connectivity index (χ4n) is 3.16. The number of carbonyl (C=O) groups is 2. The molecule has 0 spiro atoms. The highest BCUT2D eigenvalue weighted by molar-refractivity contribution is 7.85. The first-order valence-electron chi connectivity index (χ1n) is 9.32. The SMILES string of the molecule is CC(C)Oc1ccc2c3c(cccc13)C(=O)NC2=O.O=S(=O)(O)c1c(F)c(F)c(F)c(F)c1F. The quantitative estimate of drug-likeness (QED) is 0.183. The zero-order chi connectivity index (χ0) is 25.5. The van der Waals surface area contributed by atoms with Gasteiger partial charge in [0.05, 0.1) is 6.10 Å². The van der Waals surface area contributed by atoms with Gasteiger partial charge in [-0.15, -0.1) is 0 Å². The normalized spacial score (nSPS) is 13.0. The van der Waals surface area contributed by atoms with E-state index in [9.17, 15) is 40.0 Å². The molecule has 1 aliphatic rings. The molecule has 0 saturated heterocycles. The summed E-state index contributed by atoms with van der Waals surface area (Å²) in [5.74, 6) is -12.6. The number of benzene rings is 3. The Labute approximate surface area is 188 Å². The Balaban J connectivity index is 0.000000197. The van der Waals surface area contributed by atoms with Gasteiger partial charge in [-0.1, -0.05) is 12.1 Å². The van der Waals surface area contributed by atoms with Crippen molar-refractivity contribution in [3.05, 3.63) is 70.5 Å². The molecule has 0 aromatic heterocycles.